The molecule has 0 aromatic carbocycles. The first kappa shape index (κ1) is 4.71. The Hall–Kier alpha value is -0.440. The minimum absolute atomic E-state index is 0.250. The zero-order valence-corrected chi connectivity index (χ0v) is 4.40. The Morgan fingerprint density at radius 3 is 2.57 bits per heavy atom. The van der Waals surface area contributed by atoms with Gasteiger partial charge in [-0.15, -0.1) is 0 Å². The van der Waals surface area contributed by atoms with Crippen molar-refractivity contribution in [2.75, 3.05) is 5.75 Å². The van der Waals surface area contributed by atoms with Gasteiger partial charge in [-0.3, -0.25) is 9.00 Å². The average molecular weight is 116 g/mol. The molecule has 0 N–H and O–H groups in total. The fourth-order valence-corrected chi connectivity index (χ4v) is 1.07. The van der Waals surface area contributed by atoms with E-state index in [-0.39, 0.29) is 5.12 Å². The standard InChI is InChI=1S/C4H4O2S/c5-4-2-1-3-7(4)6/h1-2H,3H2. The van der Waals surface area contributed by atoms with Gasteiger partial charge < -0.3 is 0 Å². The summed E-state index contributed by atoms with van der Waals surface area (Å²) in [5.74, 6) is 0.416. The molecule has 1 heterocycles. The van der Waals surface area contributed by atoms with Gasteiger partial charge in [0.1, 0.15) is 0 Å². The SMILES string of the molecule is O=C1C=CCS1=O. The average Bonchev–Trinajstić information content (AvgIpc) is 1.91. The number of hydrogen-bond donors (Lipinski definition) is 0. The van der Waals surface area contributed by atoms with Gasteiger partial charge in [0, 0.05) is 5.75 Å². The van der Waals surface area contributed by atoms with Crippen molar-refractivity contribution in [1.82, 2.24) is 0 Å². The van der Waals surface area contributed by atoms with E-state index in [0.29, 0.717) is 5.75 Å². The first-order valence-corrected chi connectivity index (χ1v) is 3.21. The van der Waals surface area contributed by atoms with Crippen LogP contribution >= 0.6 is 0 Å². The van der Waals surface area contributed by atoms with Crippen molar-refractivity contribution in [2.45, 2.75) is 0 Å². The predicted molar refractivity (Wildman–Crippen MR) is 27.2 cm³/mol. The molecule has 0 aliphatic carbocycles. The highest BCUT2D eigenvalue weighted by Crippen LogP contribution is 1.95. The van der Waals surface area contributed by atoms with Gasteiger partial charge in [-0.25, -0.2) is 0 Å². The lowest BCUT2D eigenvalue weighted by atomic mass is 10.6. The fraction of sp³-hybridized carbons (Fsp3) is 0.250. The molecule has 7 heavy (non-hydrogen) atoms. The molecule has 0 aromatic heterocycles. The second-order valence-corrected chi connectivity index (χ2v) is 2.66. The molecule has 0 aromatic rings. The van der Waals surface area contributed by atoms with Gasteiger partial charge in [0.2, 0.25) is 5.12 Å². The van der Waals surface area contributed by atoms with Crippen LogP contribution in [0.5, 0.6) is 0 Å². The quantitative estimate of drug-likeness (QED) is 0.440. The zero-order chi connectivity index (χ0) is 5.28. The van der Waals surface area contributed by atoms with Crippen LogP contribution in [0.25, 0.3) is 0 Å². The van der Waals surface area contributed by atoms with Crippen molar-refractivity contribution in [3.63, 3.8) is 0 Å². The van der Waals surface area contributed by atoms with Crippen LogP contribution in [0.4, 0.5) is 0 Å². The second kappa shape index (κ2) is 1.58. The minimum Gasteiger partial charge on any atom is -0.280 e. The molecule has 38 valence electrons. The highest BCUT2D eigenvalue weighted by molar-refractivity contribution is 8.01. The summed E-state index contributed by atoms with van der Waals surface area (Å²) < 4.78 is 10.3. The van der Waals surface area contributed by atoms with Crippen LogP contribution in [0.3, 0.4) is 0 Å². The zero-order valence-electron chi connectivity index (χ0n) is 3.59. The van der Waals surface area contributed by atoms with Crippen LogP contribution in [0.2, 0.25) is 0 Å². The van der Waals surface area contributed by atoms with Gasteiger partial charge in [0.05, 0.1) is 10.8 Å². The van der Waals surface area contributed by atoms with Crippen LogP contribution < -0.4 is 0 Å². The number of carbonyl (C=O) groups excluding carboxylic acids is 1. The molecule has 0 bridgehead atoms. The third kappa shape index (κ3) is 0.771. The van der Waals surface area contributed by atoms with Gasteiger partial charge in [-0.2, -0.15) is 0 Å². The first-order chi connectivity index (χ1) is 3.30. The molecule has 1 atom stereocenters. The highest BCUT2D eigenvalue weighted by atomic mass is 32.2. The van der Waals surface area contributed by atoms with E-state index in [1.807, 2.05) is 0 Å². The molecule has 0 fully saturated rings. The Labute approximate surface area is 43.7 Å². The molecule has 0 radical (unpaired) electrons. The van der Waals surface area contributed by atoms with Crippen LogP contribution in [0.15, 0.2) is 12.2 Å². The number of hydrogen-bond acceptors (Lipinski definition) is 2. The van der Waals surface area contributed by atoms with Crippen molar-refractivity contribution >= 4 is 15.9 Å². The van der Waals surface area contributed by atoms with E-state index < -0.39 is 10.8 Å². The molecule has 1 aliphatic heterocycles. The maximum atomic E-state index is 10.3. The third-order valence-electron chi connectivity index (χ3n) is 0.726. The van der Waals surface area contributed by atoms with Gasteiger partial charge >= 0.3 is 0 Å². The van der Waals surface area contributed by atoms with E-state index >= 15 is 0 Å². The van der Waals surface area contributed by atoms with Crippen molar-refractivity contribution in [1.29, 1.82) is 0 Å². The normalized spacial score (nSPS) is 29.1. The second-order valence-electron chi connectivity index (χ2n) is 1.23. The van der Waals surface area contributed by atoms with Crippen molar-refractivity contribution < 1.29 is 9.00 Å². The topological polar surface area (TPSA) is 34.1 Å². The van der Waals surface area contributed by atoms with Gasteiger partial charge in [-0.1, -0.05) is 6.08 Å². The molecule has 1 unspecified atom stereocenters. The monoisotopic (exact) mass is 116 g/mol. The molecule has 0 saturated heterocycles. The summed E-state index contributed by atoms with van der Waals surface area (Å²) in [6, 6.07) is 0. The van der Waals surface area contributed by atoms with Crippen LogP contribution in [-0.2, 0) is 15.6 Å². The summed E-state index contributed by atoms with van der Waals surface area (Å²) in [6.45, 7) is 0. The Kier molecular flexibility index (Phi) is 1.06. The maximum absolute atomic E-state index is 10.3. The third-order valence-corrected chi connectivity index (χ3v) is 1.81. The number of rotatable bonds is 0. The van der Waals surface area contributed by atoms with Crippen LogP contribution in [0.1, 0.15) is 0 Å². The van der Waals surface area contributed by atoms with Crippen LogP contribution in [0, 0.1) is 0 Å². The van der Waals surface area contributed by atoms with Gasteiger partial charge in [0.15, 0.2) is 0 Å². The fourth-order valence-electron chi connectivity index (χ4n) is 0.390. The van der Waals surface area contributed by atoms with Crippen LogP contribution in [-0.4, -0.2) is 15.1 Å². The molecule has 2 nitrogen and oxygen atoms in total. The molecular weight excluding hydrogens is 112 g/mol. The highest BCUT2D eigenvalue weighted by Gasteiger charge is 2.10. The smallest absolute Gasteiger partial charge is 0.242 e. The minimum atomic E-state index is -1.22. The Morgan fingerprint density at radius 2 is 2.43 bits per heavy atom. The number of carbonyl (C=O) groups is 1. The summed E-state index contributed by atoms with van der Waals surface area (Å²) in [5.41, 5.74) is 0. The summed E-state index contributed by atoms with van der Waals surface area (Å²) >= 11 is 0. The van der Waals surface area contributed by atoms with E-state index in [0.717, 1.165) is 0 Å². The summed E-state index contributed by atoms with van der Waals surface area (Å²) in [7, 11) is -1.22. The Bertz CT molecular complexity index is 148. The first-order valence-electron chi connectivity index (χ1n) is 1.89. The summed E-state index contributed by atoms with van der Waals surface area (Å²) in [6.07, 6.45) is 2.98. The molecule has 3 heteroatoms. The van der Waals surface area contributed by atoms with Crippen molar-refractivity contribution in [2.24, 2.45) is 0 Å². The van der Waals surface area contributed by atoms with Gasteiger partial charge in [-0.05, 0) is 6.08 Å². The largest absolute Gasteiger partial charge is 0.280 e. The van der Waals surface area contributed by atoms with E-state index in [4.69, 9.17) is 0 Å². The lowest BCUT2D eigenvalue weighted by Gasteiger charge is -1.75. The lowest BCUT2D eigenvalue weighted by molar-refractivity contribution is -0.107. The van der Waals surface area contributed by atoms with E-state index in [1.165, 1.54) is 6.08 Å². The van der Waals surface area contributed by atoms with Crippen molar-refractivity contribution in [3.05, 3.63) is 12.2 Å². The summed E-state index contributed by atoms with van der Waals surface area (Å²) in [4.78, 5) is 10.2. The molecule has 1 rings (SSSR count). The lowest BCUT2D eigenvalue weighted by Crippen LogP contribution is -1.97. The maximum Gasteiger partial charge on any atom is 0.242 e. The van der Waals surface area contributed by atoms with Gasteiger partial charge in [0.25, 0.3) is 0 Å². The van der Waals surface area contributed by atoms with Crippen molar-refractivity contribution in [3.8, 4) is 0 Å². The van der Waals surface area contributed by atoms with E-state index in [1.54, 1.807) is 6.08 Å². The molecule has 1 aliphatic rings. The van der Waals surface area contributed by atoms with E-state index in [2.05, 4.69) is 0 Å². The molecule has 0 saturated carbocycles. The predicted octanol–water partition coefficient (Wildman–Crippen LogP) is -0.169. The molecule has 0 spiro atoms. The Morgan fingerprint density at radius 1 is 1.71 bits per heavy atom. The molecular formula is C4H4O2S. The Balaban J connectivity index is 2.81. The summed E-state index contributed by atoms with van der Waals surface area (Å²) in [5, 5.41) is -0.250. The van der Waals surface area contributed by atoms with E-state index in [9.17, 15) is 9.00 Å². The molecule has 0 amide bonds.